The van der Waals surface area contributed by atoms with Crippen LogP contribution in [-0.2, 0) is 7.05 Å². The lowest BCUT2D eigenvalue weighted by molar-refractivity contribution is -0.675. The van der Waals surface area contributed by atoms with Crippen molar-refractivity contribution in [2.45, 2.75) is 6.92 Å². The van der Waals surface area contributed by atoms with Gasteiger partial charge in [0.05, 0.1) is 0 Å². The second-order valence-electron chi connectivity index (χ2n) is 4.93. The van der Waals surface area contributed by atoms with Gasteiger partial charge in [-0.25, -0.2) is 4.57 Å². The summed E-state index contributed by atoms with van der Waals surface area (Å²) in [4.78, 5) is 4.30. The molecule has 0 saturated heterocycles. The van der Waals surface area contributed by atoms with E-state index < -0.39 is 0 Å². The van der Waals surface area contributed by atoms with Crippen molar-refractivity contribution < 1.29 is 17.0 Å². The van der Waals surface area contributed by atoms with Crippen molar-refractivity contribution in [1.29, 1.82) is 0 Å². The van der Waals surface area contributed by atoms with Gasteiger partial charge in [-0.1, -0.05) is 12.1 Å². The molecule has 0 amide bonds. The van der Waals surface area contributed by atoms with Gasteiger partial charge in [-0.15, -0.1) is 12.4 Å². The molecule has 0 aliphatic rings. The summed E-state index contributed by atoms with van der Waals surface area (Å²) in [6.07, 6.45) is 6.10. The molecule has 4 heteroatoms. The van der Waals surface area contributed by atoms with Crippen LogP contribution in [0.3, 0.4) is 0 Å². The van der Waals surface area contributed by atoms with Gasteiger partial charge in [-0.2, -0.15) is 0 Å². The Bertz CT molecular complexity index is 887. The Morgan fingerprint density at radius 2 is 1.50 bits per heavy atom. The first kappa shape index (κ1) is 14.8. The lowest BCUT2D eigenvalue weighted by Gasteiger charge is -2.10. The third-order valence-corrected chi connectivity index (χ3v) is 3.94. The van der Waals surface area contributed by atoms with Crippen LogP contribution in [0.4, 0.5) is 0 Å². The van der Waals surface area contributed by atoms with Crippen molar-refractivity contribution >= 4 is 44.7 Å². The Morgan fingerprint density at radius 3 is 2.20 bits per heavy atom. The predicted octanol–water partition coefficient (Wildman–Crippen LogP) is 0.538. The number of benzene rings is 2. The Hall–Kier alpha value is -1.64. The number of hydrogen-bond donors (Lipinski definition) is 0. The van der Waals surface area contributed by atoms with Crippen LogP contribution in [0.15, 0.2) is 42.9 Å². The van der Waals surface area contributed by atoms with Gasteiger partial charge in [0.15, 0.2) is 11.9 Å². The van der Waals surface area contributed by atoms with Crippen LogP contribution in [0.25, 0.3) is 32.3 Å². The fraction of sp³-hybridized carbons (Fsp3) is 0.125. The van der Waals surface area contributed by atoms with Gasteiger partial charge in [0.25, 0.3) is 0 Å². The van der Waals surface area contributed by atoms with Crippen LogP contribution in [-0.4, -0.2) is 4.98 Å². The number of pyridine rings is 2. The third kappa shape index (κ3) is 1.80. The van der Waals surface area contributed by atoms with Gasteiger partial charge < -0.3 is 12.4 Å². The lowest BCUT2D eigenvalue weighted by Crippen LogP contribution is -3.00. The van der Waals surface area contributed by atoms with Crippen molar-refractivity contribution in [3.63, 3.8) is 0 Å². The number of aryl methyl sites for hydroxylation is 2. The third-order valence-electron chi connectivity index (χ3n) is 3.94. The van der Waals surface area contributed by atoms with Gasteiger partial charge >= 0.3 is 0 Å². The van der Waals surface area contributed by atoms with Crippen molar-refractivity contribution in [1.82, 2.24) is 4.98 Å². The summed E-state index contributed by atoms with van der Waals surface area (Å²) in [5, 5.41) is 7.77. The predicted molar refractivity (Wildman–Crippen MR) is 81.1 cm³/mol. The Balaban J connectivity index is 0.000000735. The zero-order valence-electron chi connectivity index (χ0n) is 11.2. The van der Waals surface area contributed by atoms with E-state index in [1.807, 2.05) is 12.4 Å². The normalized spacial score (nSPS) is 10.7. The summed E-state index contributed by atoms with van der Waals surface area (Å²) < 4.78 is 2.19. The molecular formula is C16H14Cl2N2. The molecule has 2 nitrogen and oxygen atoms in total. The molecule has 0 bridgehead atoms. The molecule has 0 radical (unpaired) electrons. The fourth-order valence-corrected chi connectivity index (χ4v) is 2.89. The van der Waals surface area contributed by atoms with Crippen LogP contribution in [0.1, 0.15) is 5.69 Å². The molecular weight excluding hydrogens is 291 g/mol. The van der Waals surface area contributed by atoms with E-state index in [0.29, 0.717) is 0 Å². The molecule has 102 valence electrons. The molecule has 0 N–H and O–H groups in total. The molecule has 0 aliphatic carbocycles. The van der Waals surface area contributed by atoms with E-state index in [-0.39, 0.29) is 24.8 Å². The Kier molecular flexibility index (Phi) is 3.72. The summed E-state index contributed by atoms with van der Waals surface area (Å²) in [6, 6.07) is 8.73. The van der Waals surface area contributed by atoms with Crippen LogP contribution in [0.5, 0.6) is 0 Å². The van der Waals surface area contributed by atoms with Gasteiger partial charge in [-0.3, -0.25) is 4.98 Å². The number of aromatic nitrogens is 2. The van der Waals surface area contributed by atoms with Crippen LogP contribution >= 0.6 is 12.4 Å². The molecule has 4 aromatic rings. The SMILES string of the molecule is Cc1c2ccc3cncc4ccc(c[n+]1C)c2c43.Cl.[Cl-]. The molecule has 4 rings (SSSR count). The molecule has 20 heavy (non-hydrogen) atoms. The Morgan fingerprint density at radius 1 is 0.900 bits per heavy atom. The highest BCUT2D eigenvalue weighted by atomic mass is 35.5. The average molecular weight is 305 g/mol. The highest BCUT2D eigenvalue weighted by molar-refractivity contribution is 6.22. The van der Waals surface area contributed by atoms with E-state index in [1.165, 1.54) is 38.0 Å². The largest absolute Gasteiger partial charge is 1.00 e. The first-order valence-electron chi connectivity index (χ1n) is 6.13. The fourth-order valence-electron chi connectivity index (χ4n) is 2.89. The molecule has 0 fully saturated rings. The first-order chi connectivity index (χ1) is 8.75. The summed E-state index contributed by atoms with van der Waals surface area (Å²) in [5.41, 5.74) is 1.30. The van der Waals surface area contributed by atoms with Gasteiger partial charge in [0, 0.05) is 51.6 Å². The highest BCUT2D eigenvalue weighted by Crippen LogP contribution is 2.33. The van der Waals surface area contributed by atoms with E-state index in [2.05, 4.69) is 54.0 Å². The molecule has 2 aromatic carbocycles. The maximum atomic E-state index is 4.30. The van der Waals surface area contributed by atoms with E-state index in [9.17, 15) is 0 Å². The van der Waals surface area contributed by atoms with Gasteiger partial charge in [-0.05, 0) is 12.1 Å². The zero-order chi connectivity index (χ0) is 12.3. The van der Waals surface area contributed by atoms with E-state index >= 15 is 0 Å². The minimum Gasteiger partial charge on any atom is -1.00 e. The van der Waals surface area contributed by atoms with Crippen LogP contribution in [0, 0.1) is 6.92 Å². The average Bonchev–Trinajstić information content (AvgIpc) is 2.40. The minimum atomic E-state index is 0. The number of hydrogen-bond acceptors (Lipinski definition) is 1. The van der Waals surface area contributed by atoms with Crippen molar-refractivity contribution in [3.8, 4) is 0 Å². The lowest BCUT2D eigenvalue weighted by atomic mass is 9.96. The topological polar surface area (TPSA) is 16.8 Å². The second-order valence-corrected chi connectivity index (χ2v) is 4.93. The smallest absolute Gasteiger partial charge is 0.185 e. The minimum absolute atomic E-state index is 0. The molecule has 0 spiro atoms. The van der Waals surface area contributed by atoms with Gasteiger partial charge in [0.2, 0.25) is 0 Å². The van der Waals surface area contributed by atoms with E-state index in [1.54, 1.807) is 0 Å². The second kappa shape index (κ2) is 5.04. The summed E-state index contributed by atoms with van der Waals surface area (Å²) >= 11 is 0. The van der Waals surface area contributed by atoms with Crippen molar-refractivity contribution in [2.24, 2.45) is 7.05 Å². The Labute approximate surface area is 129 Å². The summed E-state index contributed by atoms with van der Waals surface area (Å²) in [6.45, 7) is 2.17. The molecule has 0 saturated carbocycles. The molecule has 2 heterocycles. The summed E-state index contributed by atoms with van der Waals surface area (Å²) in [5.74, 6) is 0. The quantitative estimate of drug-likeness (QED) is 0.342. The highest BCUT2D eigenvalue weighted by Gasteiger charge is 2.14. The van der Waals surface area contributed by atoms with E-state index in [0.717, 1.165) is 0 Å². The van der Waals surface area contributed by atoms with Crippen LogP contribution in [0.2, 0.25) is 0 Å². The van der Waals surface area contributed by atoms with Crippen molar-refractivity contribution in [2.75, 3.05) is 0 Å². The molecule has 0 aliphatic heterocycles. The molecule has 0 unspecified atom stereocenters. The zero-order valence-corrected chi connectivity index (χ0v) is 12.8. The molecule has 2 aromatic heterocycles. The first-order valence-corrected chi connectivity index (χ1v) is 6.13. The maximum absolute atomic E-state index is 4.30. The number of rotatable bonds is 0. The summed E-state index contributed by atoms with van der Waals surface area (Å²) in [7, 11) is 2.10. The standard InChI is InChI=1S/C16H13N2.2ClH/c1-10-14-6-5-12-8-17-7-11-3-4-13(9-18(10)2)16(14)15(11)12;;/h3-9H,1-2H3;2*1H/q+1;;/p-1. The maximum Gasteiger partial charge on any atom is 0.185 e. The monoisotopic (exact) mass is 304 g/mol. The van der Waals surface area contributed by atoms with Crippen molar-refractivity contribution in [3.05, 3.63) is 48.5 Å². The van der Waals surface area contributed by atoms with E-state index in [4.69, 9.17) is 0 Å². The number of nitrogens with zero attached hydrogens (tertiary/aromatic N) is 2. The number of halogens is 2. The van der Waals surface area contributed by atoms with Gasteiger partial charge in [0.1, 0.15) is 7.05 Å². The molecule has 0 atom stereocenters. The van der Waals surface area contributed by atoms with Crippen LogP contribution < -0.4 is 17.0 Å².